The Bertz CT molecular complexity index is 603. The van der Waals surface area contributed by atoms with E-state index in [-0.39, 0.29) is 11.8 Å². The number of carbonyl (C=O) groups excluding carboxylic acids is 2. The van der Waals surface area contributed by atoms with Gasteiger partial charge in [0.05, 0.1) is 12.1 Å². The molecular weight excluding hydrogens is 306 g/mol. The first-order chi connectivity index (χ1) is 10.8. The SMILES string of the molecule is C[C@H](NC(=O)[C@H](NC(=O)C1CC1)[C@@H](C)O)c1ccc(F)c(F)c1. The molecule has 1 aliphatic carbocycles. The monoisotopic (exact) mass is 326 g/mol. The maximum Gasteiger partial charge on any atom is 0.245 e. The van der Waals surface area contributed by atoms with E-state index < -0.39 is 35.7 Å². The zero-order chi connectivity index (χ0) is 17.1. The van der Waals surface area contributed by atoms with Gasteiger partial charge in [0.25, 0.3) is 0 Å². The van der Waals surface area contributed by atoms with Crippen molar-refractivity contribution in [1.29, 1.82) is 0 Å². The van der Waals surface area contributed by atoms with E-state index in [1.165, 1.54) is 13.0 Å². The van der Waals surface area contributed by atoms with E-state index in [1.807, 2.05) is 0 Å². The van der Waals surface area contributed by atoms with Crippen molar-refractivity contribution in [1.82, 2.24) is 10.6 Å². The number of aliphatic hydroxyl groups excluding tert-OH is 1. The predicted molar refractivity (Wildman–Crippen MR) is 79.3 cm³/mol. The molecule has 0 radical (unpaired) electrons. The lowest BCUT2D eigenvalue weighted by atomic mass is 10.1. The highest BCUT2D eigenvalue weighted by Crippen LogP contribution is 2.29. The fourth-order valence-corrected chi connectivity index (χ4v) is 2.19. The molecule has 3 atom stereocenters. The number of nitrogens with one attached hydrogen (secondary N) is 2. The second kappa shape index (κ2) is 7.04. The molecule has 0 aliphatic heterocycles. The second-order valence-corrected chi connectivity index (χ2v) is 5.90. The van der Waals surface area contributed by atoms with Gasteiger partial charge < -0.3 is 15.7 Å². The maximum atomic E-state index is 13.2. The van der Waals surface area contributed by atoms with E-state index >= 15 is 0 Å². The maximum absolute atomic E-state index is 13.2. The van der Waals surface area contributed by atoms with Crippen LogP contribution in [-0.2, 0) is 9.59 Å². The van der Waals surface area contributed by atoms with Crippen LogP contribution in [0.2, 0.25) is 0 Å². The van der Waals surface area contributed by atoms with Crippen LogP contribution < -0.4 is 10.6 Å². The summed E-state index contributed by atoms with van der Waals surface area (Å²) in [6.07, 6.45) is 0.492. The van der Waals surface area contributed by atoms with Crippen LogP contribution in [0.1, 0.15) is 38.3 Å². The Morgan fingerprint density at radius 3 is 2.35 bits per heavy atom. The van der Waals surface area contributed by atoms with Gasteiger partial charge in [0.15, 0.2) is 11.6 Å². The molecule has 2 amide bonds. The lowest BCUT2D eigenvalue weighted by Crippen LogP contribution is -2.53. The van der Waals surface area contributed by atoms with Crippen molar-refractivity contribution in [3.8, 4) is 0 Å². The number of benzene rings is 1. The minimum Gasteiger partial charge on any atom is -0.391 e. The summed E-state index contributed by atoms with van der Waals surface area (Å²) in [4.78, 5) is 24.0. The first kappa shape index (κ1) is 17.3. The minimum absolute atomic E-state index is 0.0901. The number of amides is 2. The van der Waals surface area contributed by atoms with Crippen molar-refractivity contribution in [3.05, 3.63) is 35.4 Å². The fourth-order valence-electron chi connectivity index (χ4n) is 2.19. The number of rotatable bonds is 6. The topological polar surface area (TPSA) is 78.4 Å². The molecule has 1 aromatic carbocycles. The van der Waals surface area contributed by atoms with Crippen LogP contribution in [0, 0.1) is 17.6 Å². The van der Waals surface area contributed by atoms with Gasteiger partial charge in [-0.05, 0) is 44.4 Å². The van der Waals surface area contributed by atoms with E-state index in [4.69, 9.17) is 0 Å². The summed E-state index contributed by atoms with van der Waals surface area (Å²) >= 11 is 0. The summed E-state index contributed by atoms with van der Waals surface area (Å²) in [7, 11) is 0. The van der Waals surface area contributed by atoms with Gasteiger partial charge >= 0.3 is 0 Å². The smallest absolute Gasteiger partial charge is 0.245 e. The largest absolute Gasteiger partial charge is 0.391 e. The first-order valence-corrected chi connectivity index (χ1v) is 7.53. The van der Waals surface area contributed by atoms with Crippen molar-refractivity contribution < 1.29 is 23.5 Å². The van der Waals surface area contributed by atoms with E-state index in [2.05, 4.69) is 10.6 Å². The van der Waals surface area contributed by atoms with Gasteiger partial charge in [-0.1, -0.05) is 6.07 Å². The molecule has 1 aliphatic rings. The summed E-state index contributed by atoms with van der Waals surface area (Å²) in [6, 6.07) is 1.66. The Morgan fingerprint density at radius 1 is 1.17 bits per heavy atom. The molecule has 0 aromatic heterocycles. The van der Waals surface area contributed by atoms with Crippen LogP contribution in [-0.4, -0.2) is 29.1 Å². The van der Waals surface area contributed by atoms with Crippen molar-refractivity contribution in [2.75, 3.05) is 0 Å². The molecule has 2 rings (SSSR count). The zero-order valence-corrected chi connectivity index (χ0v) is 13.0. The van der Waals surface area contributed by atoms with Gasteiger partial charge in [-0.3, -0.25) is 9.59 Å². The quantitative estimate of drug-likeness (QED) is 0.740. The Balaban J connectivity index is 2.01. The lowest BCUT2D eigenvalue weighted by Gasteiger charge is -2.23. The van der Waals surface area contributed by atoms with E-state index in [0.717, 1.165) is 25.0 Å². The third kappa shape index (κ3) is 4.48. The molecule has 0 spiro atoms. The summed E-state index contributed by atoms with van der Waals surface area (Å²) < 4.78 is 26.2. The molecule has 5 nitrogen and oxygen atoms in total. The number of hydrogen-bond donors (Lipinski definition) is 3. The molecule has 1 aromatic rings. The van der Waals surface area contributed by atoms with Crippen molar-refractivity contribution in [3.63, 3.8) is 0 Å². The zero-order valence-electron chi connectivity index (χ0n) is 13.0. The third-order valence-corrected chi connectivity index (χ3v) is 3.81. The van der Waals surface area contributed by atoms with Gasteiger partial charge in [0.2, 0.25) is 11.8 Å². The molecule has 23 heavy (non-hydrogen) atoms. The average molecular weight is 326 g/mol. The van der Waals surface area contributed by atoms with E-state index in [9.17, 15) is 23.5 Å². The summed E-state index contributed by atoms with van der Waals surface area (Å²) in [6.45, 7) is 3.01. The number of hydrogen-bond acceptors (Lipinski definition) is 3. The Morgan fingerprint density at radius 2 is 1.83 bits per heavy atom. The molecule has 1 fully saturated rings. The van der Waals surface area contributed by atoms with Gasteiger partial charge in [-0.25, -0.2) is 8.78 Å². The third-order valence-electron chi connectivity index (χ3n) is 3.81. The highest BCUT2D eigenvalue weighted by molar-refractivity contribution is 5.89. The Labute approximate surface area is 133 Å². The number of aliphatic hydroxyl groups is 1. The minimum atomic E-state index is -1.09. The van der Waals surface area contributed by atoms with Crippen LogP contribution >= 0.6 is 0 Å². The molecule has 0 saturated heterocycles. The fraction of sp³-hybridized carbons (Fsp3) is 0.500. The van der Waals surface area contributed by atoms with Gasteiger partial charge in [-0.15, -0.1) is 0 Å². The first-order valence-electron chi connectivity index (χ1n) is 7.53. The van der Waals surface area contributed by atoms with Crippen molar-refractivity contribution >= 4 is 11.8 Å². The van der Waals surface area contributed by atoms with Crippen LogP contribution in [0.25, 0.3) is 0 Å². The number of carbonyl (C=O) groups is 2. The van der Waals surface area contributed by atoms with Crippen molar-refractivity contribution in [2.45, 2.75) is 44.9 Å². The molecule has 126 valence electrons. The van der Waals surface area contributed by atoms with Crippen LogP contribution in [0.3, 0.4) is 0 Å². The van der Waals surface area contributed by atoms with Crippen LogP contribution in [0.4, 0.5) is 8.78 Å². The molecule has 0 bridgehead atoms. The van der Waals surface area contributed by atoms with Gasteiger partial charge in [0.1, 0.15) is 6.04 Å². The van der Waals surface area contributed by atoms with Crippen LogP contribution in [0.5, 0.6) is 0 Å². The summed E-state index contributed by atoms with van der Waals surface area (Å²) in [5, 5.41) is 14.8. The second-order valence-electron chi connectivity index (χ2n) is 5.90. The average Bonchev–Trinajstić information content (AvgIpc) is 3.31. The van der Waals surface area contributed by atoms with Gasteiger partial charge in [0, 0.05) is 5.92 Å². The standard InChI is InChI=1S/C16H20F2N2O3/c1-8(11-5-6-12(17)13(18)7-11)19-16(23)14(9(2)21)20-15(22)10-3-4-10/h5-10,14,21H,3-4H2,1-2H3,(H,19,23)(H,20,22)/t8-,9+,14+/m0/s1. The molecule has 1 saturated carbocycles. The normalized spacial score (nSPS) is 18.0. The highest BCUT2D eigenvalue weighted by atomic mass is 19.2. The lowest BCUT2D eigenvalue weighted by molar-refractivity contribution is -0.132. The molecule has 7 heteroatoms. The molecule has 0 heterocycles. The summed E-state index contributed by atoms with van der Waals surface area (Å²) in [5.41, 5.74) is 0.384. The highest BCUT2D eigenvalue weighted by Gasteiger charge is 2.34. The summed E-state index contributed by atoms with van der Waals surface area (Å²) in [5.74, 6) is -2.89. The Hall–Kier alpha value is -2.02. The molecular formula is C16H20F2N2O3. The van der Waals surface area contributed by atoms with Crippen molar-refractivity contribution in [2.24, 2.45) is 5.92 Å². The predicted octanol–water partition coefficient (Wildman–Crippen LogP) is 1.42. The van der Waals surface area contributed by atoms with E-state index in [1.54, 1.807) is 6.92 Å². The molecule has 3 N–H and O–H groups in total. The number of halogens is 2. The Kier molecular flexibility index (Phi) is 5.30. The molecule has 0 unspecified atom stereocenters. The van der Waals surface area contributed by atoms with Gasteiger partial charge in [-0.2, -0.15) is 0 Å². The van der Waals surface area contributed by atoms with E-state index in [0.29, 0.717) is 5.56 Å². The van der Waals surface area contributed by atoms with Crippen LogP contribution in [0.15, 0.2) is 18.2 Å².